The zero-order chi connectivity index (χ0) is 17.8. The van der Waals surface area contributed by atoms with Gasteiger partial charge in [0, 0.05) is 35.8 Å². The summed E-state index contributed by atoms with van der Waals surface area (Å²) in [5.74, 6) is 0.465. The van der Waals surface area contributed by atoms with Crippen LogP contribution in [0.3, 0.4) is 0 Å². The van der Waals surface area contributed by atoms with Crippen LogP contribution in [-0.2, 0) is 11.2 Å². The molecule has 0 aliphatic rings. The number of rotatable bonds is 6. The molecule has 1 N–H and O–H groups in total. The molecule has 0 saturated heterocycles. The molecule has 1 aromatic carbocycles. The summed E-state index contributed by atoms with van der Waals surface area (Å²) in [4.78, 5) is 29.3. The molecular weight excluding hydrogens is 338 g/mol. The Kier molecular flexibility index (Phi) is 5.14. The quantitative estimate of drug-likeness (QED) is 0.734. The molecule has 0 aliphatic carbocycles. The van der Waals surface area contributed by atoms with E-state index in [1.54, 1.807) is 18.2 Å². The number of nitrogens with one attached hydrogen (secondary N) is 1. The van der Waals surface area contributed by atoms with E-state index in [0.717, 1.165) is 5.69 Å². The Morgan fingerprint density at radius 2 is 2.12 bits per heavy atom. The van der Waals surface area contributed by atoms with Gasteiger partial charge in [-0.1, -0.05) is 18.2 Å². The van der Waals surface area contributed by atoms with Crippen LogP contribution in [0.1, 0.15) is 18.3 Å². The minimum Gasteiger partial charge on any atom is -0.481 e. The highest BCUT2D eigenvalue weighted by Crippen LogP contribution is 2.13. The Hall–Kier alpha value is -2.67. The summed E-state index contributed by atoms with van der Waals surface area (Å²) in [6.07, 6.45) is -0.0392. The van der Waals surface area contributed by atoms with Crippen molar-refractivity contribution in [3.63, 3.8) is 0 Å². The number of benzene rings is 1. The monoisotopic (exact) mass is 357 g/mol. The minimum absolute atomic E-state index is 0.0918. The molecule has 25 heavy (non-hydrogen) atoms. The van der Waals surface area contributed by atoms with E-state index in [9.17, 15) is 9.59 Å². The van der Waals surface area contributed by atoms with E-state index < -0.39 is 6.10 Å². The molecule has 6 nitrogen and oxygen atoms in total. The van der Waals surface area contributed by atoms with Crippen LogP contribution >= 0.6 is 11.3 Å². The van der Waals surface area contributed by atoms with Crippen LogP contribution in [0.2, 0.25) is 0 Å². The van der Waals surface area contributed by atoms with Gasteiger partial charge < -0.3 is 10.1 Å². The number of aryl methyl sites for hydroxylation is 1. The topological polar surface area (TPSA) is 72.7 Å². The molecule has 3 rings (SSSR count). The van der Waals surface area contributed by atoms with Crippen molar-refractivity contribution >= 4 is 22.2 Å². The van der Waals surface area contributed by atoms with Gasteiger partial charge in [-0.3, -0.25) is 14.0 Å². The number of carbonyl (C=O) groups is 1. The predicted octanol–water partition coefficient (Wildman–Crippen LogP) is 2.19. The first kappa shape index (κ1) is 17.2. The van der Waals surface area contributed by atoms with Gasteiger partial charge in [-0.25, -0.2) is 4.98 Å². The number of thiazole rings is 1. The van der Waals surface area contributed by atoms with Crippen LogP contribution in [-0.4, -0.2) is 27.9 Å². The molecule has 2 heterocycles. The lowest BCUT2D eigenvalue weighted by molar-refractivity contribution is -0.127. The lowest BCUT2D eigenvalue weighted by atomic mass is 10.3. The molecule has 0 spiro atoms. The van der Waals surface area contributed by atoms with E-state index in [4.69, 9.17) is 4.74 Å². The minimum atomic E-state index is -0.589. The maximum atomic E-state index is 12.1. The number of para-hydroxylation sites is 1. The summed E-state index contributed by atoms with van der Waals surface area (Å²) in [5, 5.41) is 4.74. The van der Waals surface area contributed by atoms with Gasteiger partial charge in [0.25, 0.3) is 11.5 Å². The molecule has 0 bridgehead atoms. The van der Waals surface area contributed by atoms with Crippen molar-refractivity contribution in [2.24, 2.45) is 0 Å². The van der Waals surface area contributed by atoms with Crippen LogP contribution in [0.25, 0.3) is 4.96 Å². The van der Waals surface area contributed by atoms with E-state index in [0.29, 0.717) is 29.4 Å². The number of nitrogens with zero attached hydrogens (tertiary/aromatic N) is 2. The molecule has 0 saturated carbocycles. The number of fused-ring (bicyclic) bond motifs is 1. The normalized spacial score (nSPS) is 12.1. The first-order valence-corrected chi connectivity index (χ1v) is 8.89. The summed E-state index contributed by atoms with van der Waals surface area (Å²) in [5.41, 5.74) is 1.46. The fourth-order valence-electron chi connectivity index (χ4n) is 2.47. The Labute approximate surface area is 149 Å². The average molecular weight is 357 g/mol. The van der Waals surface area contributed by atoms with Crippen molar-refractivity contribution in [2.45, 2.75) is 26.4 Å². The molecule has 7 heteroatoms. The third-order valence-corrected chi connectivity index (χ3v) is 4.58. The molecule has 2 aromatic heterocycles. The fraction of sp³-hybridized carbons (Fsp3) is 0.278. The first-order valence-electron chi connectivity index (χ1n) is 8.01. The summed E-state index contributed by atoms with van der Waals surface area (Å²) in [6, 6.07) is 10.7. The zero-order valence-corrected chi connectivity index (χ0v) is 14.9. The molecule has 0 fully saturated rings. The second-order valence-corrected chi connectivity index (χ2v) is 6.53. The highest BCUT2D eigenvalue weighted by Gasteiger charge is 2.14. The van der Waals surface area contributed by atoms with Crippen LogP contribution in [0.4, 0.5) is 0 Å². The van der Waals surface area contributed by atoms with Gasteiger partial charge in [0.05, 0.1) is 0 Å². The SMILES string of the molecule is Cc1cc(=O)n2c(CCNC(=O)C(C)Oc3ccccc3)csc2n1. The molecule has 0 aliphatic heterocycles. The van der Waals surface area contributed by atoms with E-state index in [1.165, 1.54) is 17.4 Å². The lowest BCUT2D eigenvalue weighted by Gasteiger charge is -2.14. The van der Waals surface area contributed by atoms with Gasteiger partial charge >= 0.3 is 0 Å². The van der Waals surface area contributed by atoms with Crippen molar-refractivity contribution < 1.29 is 9.53 Å². The summed E-state index contributed by atoms with van der Waals surface area (Å²) in [6.45, 7) is 3.93. The summed E-state index contributed by atoms with van der Waals surface area (Å²) >= 11 is 1.42. The van der Waals surface area contributed by atoms with Gasteiger partial charge in [-0.05, 0) is 26.0 Å². The average Bonchev–Trinajstić information content (AvgIpc) is 2.98. The van der Waals surface area contributed by atoms with Gasteiger partial charge in [-0.15, -0.1) is 11.3 Å². The molecular formula is C18H19N3O3S. The van der Waals surface area contributed by atoms with Crippen molar-refractivity contribution in [2.75, 3.05) is 6.54 Å². The van der Waals surface area contributed by atoms with E-state index >= 15 is 0 Å². The van der Waals surface area contributed by atoms with Crippen molar-refractivity contribution in [3.05, 3.63) is 63.5 Å². The fourth-order valence-corrected chi connectivity index (χ4v) is 3.45. The summed E-state index contributed by atoms with van der Waals surface area (Å²) < 4.78 is 7.18. The molecule has 130 valence electrons. The molecule has 1 amide bonds. The van der Waals surface area contributed by atoms with Gasteiger partial charge in [-0.2, -0.15) is 0 Å². The largest absolute Gasteiger partial charge is 0.481 e. The van der Waals surface area contributed by atoms with Crippen molar-refractivity contribution in [1.29, 1.82) is 0 Å². The van der Waals surface area contributed by atoms with Crippen molar-refractivity contribution in [3.8, 4) is 5.75 Å². The van der Waals surface area contributed by atoms with Gasteiger partial charge in [0.1, 0.15) is 5.75 Å². The van der Waals surface area contributed by atoms with Gasteiger partial charge in [0.2, 0.25) is 0 Å². The maximum absolute atomic E-state index is 12.1. The highest BCUT2D eigenvalue weighted by atomic mass is 32.1. The standard InChI is InChI=1S/C18H19N3O3S/c1-12-10-16(22)21-14(11-25-18(21)20-12)8-9-19-17(23)13(2)24-15-6-4-3-5-7-15/h3-7,10-11,13H,8-9H2,1-2H3,(H,19,23). The number of hydrogen-bond donors (Lipinski definition) is 1. The third kappa shape index (κ3) is 4.06. The van der Waals surface area contributed by atoms with Crippen LogP contribution in [0.5, 0.6) is 5.75 Å². The number of ether oxygens (including phenoxy) is 1. The Morgan fingerprint density at radius 1 is 1.36 bits per heavy atom. The Balaban J connectivity index is 1.58. The van der Waals surface area contributed by atoms with Crippen LogP contribution in [0.15, 0.2) is 46.6 Å². The third-order valence-electron chi connectivity index (χ3n) is 3.71. The van der Waals surface area contributed by atoms with Crippen LogP contribution in [0, 0.1) is 6.92 Å². The number of carbonyl (C=O) groups excluding carboxylic acids is 1. The predicted molar refractivity (Wildman–Crippen MR) is 97.3 cm³/mol. The highest BCUT2D eigenvalue weighted by molar-refractivity contribution is 7.15. The lowest BCUT2D eigenvalue weighted by Crippen LogP contribution is -2.37. The number of aromatic nitrogens is 2. The Morgan fingerprint density at radius 3 is 2.88 bits per heavy atom. The summed E-state index contributed by atoms with van der Waals surface area (Å²) in [7, 11) is 0. The maximum Gasteiger partial charge on any atom is 0.260 e. The van der Waals surface area contributed by atoms with Crippen LogP contribution < -0.4 is 15.6 Å². The Bertz CT molecular complexity index is 934. The van der Waals surface area contributed by atoms with E-state index in [-0.39, 0.29) is 11.5 Å². The second-order valence-electron chi connectivity index (χ2n) is 5.69. The second kappa shape index (κ2) is 7.48. The van der Waals surface area contributed by atoms with E-state index in [2.05, 4.69) is 10.3 Å². The molecule has 3 aromatic rings. The van der Waals surface area contributed by atoms with E-state index in [1.807, 2.05) is 35.7 Å². The first-order chi connectivity index (χ1) is 12.0. The molecule has 0 radical (unpaired) electrons. The number of hydrogen-bond acceptors (Lipinski definition) is 5. The smallest absolute Gasteiger partial charge is 0.260 e. The number of amides is 1. The van der Waals surface area contributed by atoms with Crippen molar-refractivity contribution in [1.82, 2.24) is 14.7 Å². The molecule has 1 unspecified atom stereocenters. The van der Waals surface area contributed by atoms with Gasteiger partial charge in [0.15, 0.2) is 11.1 Å². The zero-order valence-electron chi connectivity index (χ0n) is 14.1. The molecule has 1 atom stereocenters.